The van der Waals surface area contributed by atoms with Gasteiger partial charge in [-0.05, 0) is 40.2 Å². The third-order valence-electron chi connectivity index (χ3n) is 2.41. The number of nitrogens with zero attached hydrogens (tertiary/aromatic N) is 1. The summed E-state index contributed by atoms with van der Waals surface area (Å²) in [6, 6.07) is 4.49. The molecule has 0 aliphatic carbocycles. The van der Waals surface area contributed by atoms with Crippen molar-refractivity contribution in [2.45, 2.75) is 11.5 Å². The molecule has 112 valence electrons. The van der Waals surface area contributed by atoms with Gasteiger partial charge in [-0.1, -0.05) is 0 Å². The van der Waals surface area contributed by atoms with E-state index >= 15 is 0 Å². The minimum absolute atomic E-state index is 0.173. The van der Waals surface area contributed by atoms with Gasteiger partial charge in [0.1, 0.15) is 6.61 Å². The standard InChI is InChI=1S/C12H7BrClF2NO3S/c13-7-1-2-8(17-5-7)6-20-12-10(15)3-9(4-11(12)16)21(14,18)19/h1-5H,6H2. The van der Waals surface area contributed by atoms with E-state index in [1.54, 1.807) is 12.1 Å². The summed E-state index contributed by atoms with van der Waals surface area (Å²) in [6.07, 6.45) is 1.51. The molecule has 0 aliphatic rings. The summed E-state index contributed by atoms with van der Waals surface area (Å²) in [7, 11) is 0.809. The van der Waals surface area contributed by atoms with Crippen molar-refractivity contribution in [2.24, 2.45) is 0 Å². The number of hydrogen-bond acceptors (Lipinski definition) is 4. The van der Waals surface area contributed by atoms with E-state index in [9.17, 15) is 17.2 Å². The summed E-state index contributed by atoms with van der Waals surface area (Å²) < 4.78 is 55.2. The van der Waals surface area contributed by atoms with E-state index in [0.717, 1.165) is 4.47 Å². The molecule has 2 rings (SSSR count). The van der Waals surface area contributed by atoms with Gasteiger partial charge in [-0.15, -0.1) is 0 Å². The van der Waals surface area contributed by atoms with Crippen molar-refractivity contribution >= 4 is 35.7 Å². The van der Waals surface area contributed by atoms with Gasteiger partial charge in [-0.2, -0.15) is 0 Å². The topological polar surface area (TPSA) is 56.3 Å². The van der Waals surface area contributed by atoms with Crippen molar-refractivity contribution < 1.29 is 21.9 Å². The summed E-state index contributed by atoms with van der Waals surface area (Å²) in [5, 5.41) is 0. The van der Waals surface area contributed by atoms with Crippen LogP contribution in [0, 0.1) is 11.6 Å². The SMILES string of the molecule is O=S(=O)(Cl)c1cc(F)c(OCc2ccc(Br)cn2)c(F)c1. The first-order valence-corrected chi connectivity index (χ1v) is 8.54. The highest BCUT2D eigenvalue weighted by Crippen LogP contribution is 2.27. The Kier molecular flexibility index (Phi) is 4.80. The van der Waals surface area contributed by atoms with Gasteiger partial charge in [0.2, 0.25) is 0 Å². The summed E-state index contributed by atoms with van der Waals surface area (Å²) in [6.45, 7) is -0.173. The van der Waals surface area contributed by atoms with Crippen LogP contribution in [0.25, 0.3) is 0 Å². The Morgan fingerprint density at radius 3 is 2.33 bits per heavy atom. The fraction of sp³-hybridized carbons (Fsp3) is 0.0833. The Morgan fingerprint density at radius 2 is 1.86 bits per heavy atom. The van der Waals surface area contributed by atoms with Gasteiger partial charge in [0, 0.05) is 21.4 Å². The van der Waals surface area contributed by atoms with Crippen LogP contribution in [0.1, 0.15) is 5.69 Å². The molecule has 1 aromatic heterocycles. The molecular weight excluding hydrogens is 392 g/mol. The second-order valence-electron chi connectivity index (χ2n) is 3.91. The Labute approximate surface area is 132 Å². The zero-order valence-electron chi connectivity index (χ0n) is 10.2. The number of pyridine rings is 1. The maximum Gasteiger partial charge on any atom is 0.261 e. The van der Waals surface area contributed by atoms with Crippen molar-refractivity contribution in [3.05, 3.63) is 52.3 Å². The molecular formula is C12H7BrClF2NO3S. The monoisotopic (exact) mass is 397 g/mol. The zero-order chi connectivity index (χ0) is 15.6. The van der Waals surface area contributed by atoms with Crippen LogP contribution in [-0.2, 0) is 15.7 Å². The highest BCUT2D eigenvalue weighted by Gasteiger charge is 2.19. The van der Waals surface area contributed by atoms with Crippen molar-refractivity contribution in [2.75, 3.05) is 0 Å². The molecule has 0 spiro atoms. The summed E-state index contributed by atoms with van der Waals surface area (Å²) in [5.41, 5.74) is 0.450. The molecule has 0 atom stereocenters. The molecule has 0 aliphatic heterocycles. The van der Waals surface area contributed by atoms with Crippen molar-refractivity contribution in [1.82, 2.24) is 4.98 Å². The van der Waals surface area contributed by atoms with Crippen LogP contribution in [-0.4, -0.2) is 13.4 Å². The largest absolute Gasteiger partial charge is 0.481 e. The predicted molar refractivity (Wildman–Crippen MR) is 75.7 cm³/mol. The number of aromatic nitrogens is 1. The number of rotatable bonds is 4. The van der Waals surface area contributed by atoms with Gasteiger partial charge < -0.3 is 4.74 Å². The lowest BCUT2D eigenvalue weighted by Gasteiger charge is -2.09. The van der Waals surface area contributed by atoms with Crippen LogP contribution in [0.4, 0.5) is 8.78 Å². The molecule has 0 bridgehead atoms. The maximum absolute atomic E-state index is 13.7. The number of benzene rings is 1. The van der Waals surface area contributed by atoms with Crippen LogP contribution in [0.5, 0.6) is 5.75 Å². The molecule has 1 aromatic carbocycles. The maximum atomic E-state index is 13.7. The molecule has 0 fully saturated rings. The van der Waals surface area contributed by atoms with E-state index in [0.29, 0.717) is 17.8 Å². The fourth-order valence-electron chi connectivity index (χ4n) is 1.45. The molecule has 0 N–H and O–H groups in total. The minimum Gasteiger partial charge on any atom is -0.481 e. The molecule has 0 unspecified atom stereocenters. The summed E-state index contributed by atoms with van der Waals surface area (Å²) >= 11 is 3.20. The van der Waals surface area contributed by atoms with E-state index in [1.165, 1.54) is 6.20 Å². The Hall–Kier alpha value is -1.25. The fourth-order valence-corrected chi connectivity index (χ4v) is 2.44. The second-order valence-corrected chi connectivity index (χ2v) is 7.39. The quantitative estimate of drug-likeness (QED) is 0.738. The van der Waals surface area contributed by atoms with E-state index < -0.39 is 31.3 Å². The lowest BCUT2D eigenvalue weighted by Crippen LogP contribution is -2.03. The van der Waals surface area contributed by atoms with E-state index in [-0.39, 0.29) is 6.61 Å². The first-order valence-electron chi connectivity index (χ1n) is 5.44. The molecule has 0 radical (unpaired) electrons. The Morgan fingerprint density at radius 1 is 1.24 bits per heavy atom. The third-order valence-corrected chi connectivity index (χ3v) is 4.21. The van der Waals surface area contributed by atoms with Gasteiger partial charge in [0.05, 0.1) is 10.6 Å². The van der Waals surface area contributed by atoms with Crippen LogP contribution < -0.4 is 4.74 Å². The normalized spacial score (nSPS) is 11.4. The van der Waals surface area contributed by atoms with E-state index in [4.69, 9.17) is 15.4 Å². The van der Waals surface area contributed by atoms with Crippen LogP contribution in [0.15, 0.2) is 39.8 Å². The van der Waals surface area contributed by atoms with Crippen LogP contribution in [0.2, 0.25) is 0 Å². The van der Waals surface area contributed by atoms with Gasteiger partial charge in [-0.3, -0.25) is 4.98 Å². The van der Waals surface area contributed by atoms with Gasteiger partial charge in [-0.25, -0.2) is 17.2 Å². The molecule has 1 heterocycles. The van der Waals surface area contributed by atoms with Crippen LogP contribution >= 0.6 is 26.6 Å². The van der Waals surface area contributed by atoms with Gasteiger partial charge in [0.25, 0.3) is 9.05 Å². The van der Waals surface area contributed by atoms with Crippen molar-refractivity contribution in [1.29, 1.82) is 0 Å². The highest BCUT2D eigenvalue weighted by molar-refractivity contribution is 9.10. The third kappa shape index (κ3) is 4.12. The van der Waals surface area contributed by atoms with E-state index in [2.05, 4.69) is 20.9 Å². The number of hydrogen-bond donors (Lipinski definition) is 0. The molecule has 0 amide bonds. The number of halogens is 4. The summed E-state index contributed by atoms with van der Waals surface area (Å²) in [5.74, 6) is -3.01. The smallest absolute Gasteiger partial charge is 0.261 e. The Bertz CT molecular complexity index is 746. The highest BCUT2D eigenvalue weighted by atomic mass is 79.9. The Balaban J connectivity index is 2.23. The molecule has 4 nitrogen and oxygen atoms in total. The van der Waals surface area contributed by atoms with E-state index in [1.807, 2.05) is 0 Å². The first-order chi connectivity index (χ1) is 9.77. The predicted octanol–water partition coefficient (Wildman–Crippen LogP) is 3.63. The molecule has 0 saturated carbocycles. The van der Waals surface area contributed by atoms with Gasteiger partial charge >= 0.3 is 0 Å². The first kappa shape index (κ1) is 16.1. The summed E-state index contributed by atoms with van der Waals surface area (Å²) in [4.78, 5) is 3.30. The minimum atomic E-state index is -4.22. The van der Waals surface area contributed by atoms with Crippen molar-refractivity contribution in [3.8, 4) is 5.75 Å². The molecule has 21 heavy (non-hydrogen) atoms. The molecule has 2 aromatic rings. The average Bonchev–Trinajstić information content (AvgIpc) is 2.38. The lowest BCUT2D eigenvalue weighted by atomic mass is 10.3. The zero-order valence-corrected chi connectivity index (χ0v) is 13.3. The molecule has 9 heteroatoms. The lowest BCUT2D eigenvalue weighted by molar-refractivity contribution is 0.269. The second kappa shape index (κ2) is 6.25. The van der Waals surface area contributed by atoms with Gasteiger partial charge in [0.15, 0.2) is 17.4 Å². The van der Waals surface area contributed by atoms with Crippen molar-refractivity contribution in [3.63, 3.8) is 0 Å². The number of ether oxygens (including phenoxy) is 1. The average molecular weight is 399 g/mol. The molecule has 0 saturated heterocycles. The van der Waals surface area contributed by atoms with Crippen LogP contribution in [0.3, 0.4) is 0 Å².